The van der Waals surface area contributed by atoms with E-state index in [9.17, 15) is 19.5 Å². The minimum atomic E-state index is -1.29. The Hall–Kier alpha value is -1.89. The molecule has 0 atom stereocenters. The number of fused-ring (bicyclic) bond motifs is 1. The number of aryl methyl sites for hydroxylation is 1. The van der Waals surface area contributed by atoms with Gasteiger partial charge in [-0.1, -0.05) is 0 Å². The number of amides is 2. The van der Waals surface area contributed by atoms with Crippen molar-refractivity contribution < 1.29 is 19.5 Å². The molecule has 1 fully saturated rings. The highest BCUT2D eigenvalue weighted by atomic mass is 32.1. The summed E-state index contributed by atoms with van der Waals surface area (Å²) in [5, 5.41) is 14.0. The summed E-state index contributed by atoms with van der Waals surface area (Å²) in [5.41, 5.74) is 0.805. The molecule has 1 aliphatic heterocycles. The minimum absolute atomic E-state index is 0.0510. The first-order chi connectivity index (χ1) is 10.1. The number of carboxylic acid groups (broad SMARTS) is 1. The molecule has 0 aromatic carbocycles. The van der Waals surface area contributed by atoms with E-state index in [-0.39, 0.29) is 10.6 Å². The number of carboxylic acids is 1. The van der Waals surface area contributed by atoms with Crippen molar-refractivity contribution in [2.45, 2.75) is 32.1 Å². The van der Waals surface area contributed by atoms with Crippen LogP contribution in [0.4, 0.5) is 5.00 Å². The summed E-state index contributed by atoms with van der Waals surface area (Å²) in [6.45, 7) is 1.17. The molecule has 1 aromatic rings. The summed E-state index contributed by atoms with van der Waals surface area (Å²) in [7, 11) is 0. The first-order valence-corrected chi connectivity index (χ1v) is 7.85. The van der Waals surface area contributed by atoms with Gasteiger partial charge in [0.2, 0.25) is 0 Å². The monoisotopic (exact) mass is 307 g/mol. The highest BCUT2D eigenvalue weighted by molar-refractivity contribution is 7.17. The number of nitrogens with one attached hydrogen (secondary N) is 1. The number of carbonyl (C=O) groups is 3. The Balaban J connectivity index is 1.80. The average molecular weight is 307 g/mol. The molecule has 2 heterocycles. The molecule has 21 heavy (non-hydrogen) atoms. The van der Waals surface area contributed by atoms with Crippen LogP contribution < -0.4 is 10.4 Å². The van der Waals surface area contributed by atoms with Crippen molar-refractivity contribution in [1.29, 1.82) is 0 Å². The number of thiophene rings is 1. The quantitative estimate of drug-likeness (QED) is 0.788. The Bertz CT molecular complexity index is 617. The van der Waals surface area contributed by atoms with Crippen LogP contribution in [0.15, 0.2) is 0 Å². The van der Waals surface area contributed by atoms with Crippen LogP contribution in [-0.2, 0) is 22.4 Å². The number of hydrogen-bond donors (Lipinski definition) is 1. The van der Waals surface area contributed by atoms with Crippen LogP contribution in [0.5, 0.6) is 0 Å². The summed E-state index contributed by atoms with van der Waals surface area (Å²) in [4.78, 5) is 37.7. The molecular weight excluding hydrogens is 292 g/mol. The van der Waals surface area contributed by atoms with Crippen LogP contribution in [0.1, 0.15) is 40.1 Å². The van der Waals surface area contributed by atoms with Gasteiger partial charge in [0.15, 0.2) is 0 Å². The van der Waals surface area contributed by atoms with E-state index in [1.807, 2.05) is 0 Å². The van der Waals surface area contributed by atoms with E-state index in [1.54, 1.807) is 0 Å². The highest BCUT2D eigenvalue weighted by Crippen LogP contribution is 2.38. The van der Waals surface area contributed by atoms with Crippen LogP contribution in [0, 0.1) is 0 Å². The number of nitrogens with zero attached hydrogens (tertiary/aromatic N) is 1. The lowest BCUT2D eigenvalue weighted by Gasteiger charge is -2.15. The van der Waals surface area contributed by atoms with Gasteiger partial charge in [0.25, 0.3) is 0 Å². The summed E-state index contributed by atoms with van der Waals surface area (Å²) in [6.07, 6.45) is 4.22. The van der Waals surface area contributed by atoms with Gasteiger partial charge in [-0.2, -0.15) is 0 Å². The standard InChI is InChI=1S/C14H16N2O4S/c17-11(13(18)16-6-1-2-7-16)15-12-10(14(19)20)8-4-3-5-9(8)21-12/h1-7H2,(H,15,17)(H,19,20)/p-1. The van der Waals surface area contributed by atoms with E-state index in [0.717, 1.165) is 36.1 Å². The first kappa shape index (κ1) is 14.1. The van der Waals surface area contributed by atoms with Crippen LogP contribution in [0.3, 0.4) is 0 Å². The van der Waals surface area contributed by atoms with Gasteiger partial charge >= 0.3 is 11.8 Å². The van der Waals surface area contributed by atoms with Gasteiger partial charge in [-0.05, 0) is 37.7 Å². The van der Waals surface area contributed by atoms with Crippen molar-refractivity contribution in [3.05, 3.63) is 16.0 Å². The van der Waals surface area contributed by atoms with Crippen LogP contribution in [0.2, 0.25) is 0 Å². The fourth-order valence-corrected chi connectivity index (χ4v) is 4.20. The maximum Gasteiger partial charge on any atom is 0.314 e. The van der Waals surface area contributed by atoms with Gasteiger partial charge in [0.05, 0.1) is 5.97 Å². The molecule has 2 aliphatic rings. The van der Waals surface area contributed by atoms with Gasteiger partial charge in [-0.3, -0.25) is 9.59 Å². The Labute approximate surface area is 125 Å². The number of carbonyl (C=O) groups excluding carboxylic acids is 3. The molecule has 7 heteroatoms. The summed E-state index contributed by atoms with van der Waals surface area (Å²) in [6, 6.07) is 0. The molecule has 2 amide bonds. The van der Waals surface area contributed by atoms with Gasteiger partial charge in [0.1, 0.15) is 5.00 Å². The summed E-state index contributed by atoms with van der Waals surface area (Å²) in [5.74, 6) is -2.65. The van der Waals surface area contributed by atoms with E-state index in [2.05, 4.69) is 5.32 Å². The zero-order valence-corrected chi connectivity index (χ0v) is 12.3. The van der Waals surface area contributed by atoms with Crippen LogP contribution in [-0.4, -0.2) is 35.8 Å². The Morgan fingerprint density at radius 2 is 1.81 bits per heavy atom. The highest BCUT2D eigenvalue weighted by Gasteiger charge is 2.28. The fraction of sp³-hybridized carbons (Fsp3) is 0.500. The molecule has 1 N–H and O–H groups in total. The Kier molecular flexibility index (Phi) is 3.67. The molecule has 1 aromatic heterocycles. The largest absolute Gasteiger partial charge is 0.545 e. The molecule has 0 bridgehead atoms. The minimum Gasteiger partial charge on any atom is -0.545 e. The molecule has 1 aliphatic carbocycles. The smallest absolute Gasteiger partial charge is 0.314 e. The molecule has 3 rings (SSSR count). The van der Waals surface area contributed by atoms with Gasteiger partial charge in [0, 0.05) is 23.5 Å². The van der Waals surface area contributed by atoms with Crippen molar-refractivity contribution in [3.8, 4) is 0 Å². The second-order valence-corrected chi connectivity index (χ2v) is 6.41. The zero-order chi connectivity index (χ0) is 15.0. The number of rotatable bonds is 2. The van der Waals surface area contributed by atoms with Crippen molar-refractivity contribution in [2.24, 2.45) is 0 Å². The number of anilines is 1. The van der Waals surface area contributed by atoms with E-state index in [0.29, 0.717) is 19.5 Å². The molecule has 1 saturated heterocycles. The molecule has 0 spiro atoms. The lowest BCUT2D eigenvalue weighted by molar-refractivity contribution is -0.254. The zero-order valence-electron chi connectivity index (χ0n) is 11.4. The fourth-order valence-electron chi connectivity index (χ4n) is 2.93. The van der Waals surface area contributed by atoms with E-state index < -0.39 is 17.8 Å². The normalized spacial score (nSPS) is 16.9. The van der Waals surface area contributed by atoms with Crippen molar-refractivity contribution in [1.82, 2.24) is 4.90 Å². The van der Waals surface area contributed by atoms with Crippen LogP contribution in [0.25, 0.3) is 0 Å². The molecule has 0 radical (unpaired) electrons. The summed E-state index contributed by atoms with van der Waals surface area (Å²) >= 11 is 1.24. The third-order valence-electron chi connectivity index (χ3n) is 3.94. The molecular formula is C14H15N2O4S-. The SMILES string of the molecule is O=C(Nc1sc2c(c1C(=O)[O-])CCC2)C(=O)N1CCCC1. The third-order valence-corrected chi connectivity index (χ3v) is 5.15. The predicted octanol–water partition coefficient (Wildman–Crippen LogP) is 0.161. The van der Waals surface area contributed by atoms with Gasteiger partial charge in [-0.25, -0.2) is 0 Å². The number of aromatic carboxylic acids is 1. The Morgan fingerprint density at radius 1 is 1.10 bits per heavy atom. The molecule has 0 unspecified atom stereocenters. The lowest BCUT2D eigenvalue weighted by atomic mass is 10.1. The van der Waals surface area contributed by atoms with Gasteiger partial charge < -0.3 is 20.1 Å². The van der Waals surface area contributed by atoms with E-state index in [1.165, 1.54) is 16.2 Å². The van der Waals surface area contributed by atoms with Crippen molar-refractivity contribution in [3.63, 3.8) is 0 Å². The topological polar surface area (TPSA) is 89.5 Å². The number of likely N-dealkylation sites (tertiary alicyclic amines) is 1. The molecule has 112 valence electrons. The average Bonchev–Trinajstić information content (AvgIpc) is 3.13. The van der Waals surface area contributed by atoms with Gasteiger partial charge in [-0.15, -0.1) is 11.3 Å². The van der Waals surface area contributed by atoms with Crippen molar-refractivity contribution >= 4 is 34.1 Å². The predicted molar refractivity (Wildman–Crippen MR) is 75.1 cm³/mol. The lowest BCUT2D eigenvalue weighted by Crippen LogP contribution is -2.38. The van der Waals surface area contributed by atoms with Crippen LogP contribution >= 0.6 is 11.3 Å². The van der Waals surface area contributed by atoms with Crippen molar-refractivity contribution in [2.75, 3.05) is 18.4 Å². The van der Waals surface area contributed by atoms with E-state index >= 15 is 0 Å². The third kappa shape index (κ3) is 2.53. The number of hydrogen-bond acceptors (Lipinski definition) is 5. The maximum atomic E-state index is 12.0. The molecule has 6 nitrogen and oxygen atoms in total. The Morgan fingerprint density at radius 3 is 2.48 bits per heavy atom. The maximum absolute atomic E-state index is 12.0. The summed E-state index contributed by atoms with van der Waals surface area (Å²) < 4.78 is 0. The first-order valence-electron chi connectivity index (χ1n) is 7.04. The second kappa shape index (κ2) is 5.48. The molecule has 0 saturated carbocycles. The van der Waals surface area contributed by atoms with E-state index in [4.69, 9.17) is 0 Å². The second-order valence-electron chi connectivity index (χ2n) is 5.30.